The fourth-order valence-corrected chi connectivity index (χ4v) is 2.46. The molecule has 0 aliphatic carbocycles. The number of fused-ring (bicyclic) bond motifs is 1. The van der Waals surface area contributed by atoms with E-state index in [0.717, 1.165) is 33.5 Å². The third-order valence-corrected chi connectivity index (χ3v) is 3.32. The number of nitrogens with zero attached hydrogens (tertiary/aromatic N) is 2. The molecule has 0 unspecified atom stereocenters. The minimum Gasteiger partial charge on any atom is -0.358 e. The Bertz CT molecular complexity index is 818. The van der Waals surface area contributed by atoms with E-state index in [1.165, 1.54) is 6.92 Å². The fourth-order valence-electron chi connectivity index (χ4n) is 2.46. The normalized spacial score (nSPS) is 10.9. The Hall–Kier alpha value is -2.49. The van der Waals surface area contributed by atoms with Gasteiger partial charge in [0.05, 0.1) is 5.69 Å². The Morgan fingerprint density at radius 1 is 1.15 bits per heavy atom. The average Bonchev–Trinajstić information content (AvgIpc) is 2.73. The molecule has 0 fully saturated rings. The summed E-state index contributed by atoms with van der Waals surface area (Å²) in [4.78, 5) is 23.5. The number of rotatable bonds is 2. The second kappa shape index (κ2) is 4.56. The molecule has 0 aliphatic heterocycles. The lowest BCUT2D eigenvalue weighted by atomic mass is 10.1. The number of nitrogens with one attached hydrogen (secondary N) is 1. The number of hydrogen-bond donors (Lipinski definition) is 1. The van der Waals surface area contributed by atoms with Crippen molar-refractivity contribution in [2.45, 2.75) is 20.8 Å². The van der Waals surface area contributed by atoms with Crippen molar-refractivity contribution < 1.29 is 4.79 Å². The molecule has 2 aromatic heterocycles. The van der Waals surface area contributed by atoms with E-state index >= 15 is 0 Å². The van der Waals surface area contributed by atoms with Crippen LogP contribution >= 0.6 is 0 Å². The second-order valence-corrected chi connectivity index (χ2v) is 4.94. The van der Waals surface area contributed by atoms with Gasteiger partial charge in [0.2, 0.25) is 0 Å². The van der Waals surface area contributed by atoms with Crippen LogP contribution in [0.1, 0.15) is 28.9 Å². The molecule has 4 nitrogen and oxygen atoms in total. The van der Waals surface area contributed by atoms with Crippen molar-refractivity contribution in [3.05, 3.63) is 47.5 Å². The molecule has 0 saturated heterocycles. The first kappa shape index (κ1) is 12.5. The topological polar surface area (TPSA) is 58.6 Å². The zero-order valence-electron chi connectivity index (χ0n) is 11.7. The van der Waals surface area contributed by atoms with Crippen molar-refractivity contribution in [3.8, 4) is 11.3 Å². The Kier molecular flexibility index (Phi) is 2.86. The molecular weight excluding hydrogens is 250 g/mol. The Morgan fingerprint density at radius 3 is 2.65 bits per heavy atom. The van der Waals surface area contributed by atoms with Gasteiger partial charge in [-0.05, 0) is 26.0 Å². The Labute approximate surface area is 116 Å². The Balaban J connectivity index is 2.30. The minimum atomic E-state index is -0.118. The maximum Gasteiger partial charge on any atom is 0.196 e. The molecule has 2 heterocycles. The van der Waals surface area contributed by atoms with Crippen LogP contribution in [-0.2, 0) is 0 Å². The van der Waals surface area contributed by atoms with Crippen molar-refractivity contribution in [1.82, 2.24) is 15.0 Å². The summed E-state index contributed by atoms with van der Waals surface area (Å²) in [7, 11) is 0. The monoisotopic (exact) mass is 265 g/mol. The molecule has 0 radical (unpaired) electrons. The smallest absolute Gasteiger partial charge is 0.196 e. The standard InChI is InChI=1S/C16H15N3O/c1-9-8-14(19-16(17-9)11(3)20)15-10(2)18-13-7-5-4-6-12(13)15/h4-8,18H,1-3H3. The minimum absolute atomic E-state index is 0.118. The van der Waals surface area contributed by atoms with E-state index in [0.29, 0.717) is 0 Å². The van der Waals surface area contributed by atoms with Gasteiger partial charge in [-0.2, -0.15) is 0 Å². The number of carbonyl (C=O) groups excluding carboxylic acids is 1. The quantitative estimate of drug-likeness (QED) is 0.722. The van der Waals surface area contributed by atoms with Gasteiger partial charge < -0.3 is 4.98 Å². The first-order valence-electron chi connectivity index (χ1n) is 6.50. The van der Waals surface area contributed by atoms with E-state index in [1.807, 2.05) is 38.1 Å². The highest BCUT2D eigenvalue weighted by Gasteiger charge is 2.14. The summed E-state index contributed by atoms with van der Waals surface area (Å²) in [6.07, 6.45) is 0. The summed E-state index contributed by atoms with van der Waals surface area (Å²) >= 11 is 0. The molecule has 1 N–H and O–H groups in total. The number of aromatic amines is 1. The van der Waals surface area contributed by atoms with Crippen LogP contribution in [-0.4, -0.2) is 20.7 Å². The van der Waals surface area contributed by atoms with Crippen LogP contribution in [0.15, 0.2) is 30.3 Å². The van der Waals surface area contributed by atoms with Crippen molar-refractivity contribution >= 4 is 16.7 Å². The average molecular weight is 265 g/mol. The zero-order chi connectivity index (χ0) is 14.3. The third kappa shape index (κ3) is 1.99. The number of para-hydroxylation sites is 1. The van der Waals surface area contributed by atoms with E-state index < -0.39 is 0 Å². The number of Topliss-reactive ketones (excluding diaryl/α,β-unsaturated/α-hetero) is 1. The molecule has 0 saturated carbocycles. The zero-order valence-corrected chi connectivity index (χ0v) is 11.7. The Morgan fingerprint density at radius 2 is 1.90 bits per heavy atom. The van der Waals surface area contributed by atoms with Crippen LogP contribution in [0.25, 0.3) is 22.2 Å². The summed E-state index contributed by atoms with van der Waals surface area (Å²) in [6.45, 7) is 5.38. The lowest BCUT2D eigenvalue weighted by molar-refractivity contribution is 0.100. The number of benzene rings is 1. The maximum absolute atomic E-state index is 11.5. The molecule has 100 valence electrons. The highest BCUT2D eigenvalue weighted by molar-refractivity contribution is 5.97. The largest absolute Gasteiger partial charge is 0.358 e. The van der Waals surface area contributed by atoms with Crippen LogP contribution in [0.3, 0.4) is 0 Å². The van der Waals surface area contributed by atoms with Crippen molar-refractivity contribution in [2.24, 2.45) is 0 Å². The van der Waals surface area contributed by atoms with Gasteiger partial charge in [-0.15, -0.1) is 0 Å². The molecule has 3 rings (SSSR count). The molecule has 1 aromatic carbocycles. The molecule has 0 amide bonds. The number of carbonyl (C=O) groups is 1. The summed E-state index contributed by atoms with van der Waals surface area (Å²) < 4.78 is 0. The molecule has 0 spiro atoms. The summed E-state index contributed by atoms with van der Waals surface area (Å²) in [6, 6.07) is 9.99. The van der Waals surface area contributed by atoms with Gasteiger partial charge in [0.1, 0.15) is 0 Å². The van der Waals surface area contributed by atoms with E-state index in [-0.39, 0.29) is 11.6 Å². The van der Waals surface area contributed by atoms with E-state index in [2.05, 4.69) is 21.0 Å². The predicted octanol–water partition coefficient (Wildman–Crippen LogP) is 3.44. The molecule has 0 atom stereocenters. The molecule has 0 bridgehead atoms. The van der Waals surface area contributed by atoms with E-state index in [4.69, 9.17) is 0 Å². The molecular formula is C16H15N3O. The predicted molar refractivity (Wildman–Crippen MR) is 78.8 cm³/mol. The third-order valence-electron chi connectivity index (χ3n) is 3.32. The van der Waals surface area contributed by atoms with Gasteiger partial charge in [-0.25, -0.2) is 9.97 Å². The van der Waals surface area contributed by atoms with Crippen LogP contribution in [0, 0.1) is 13.8 Å². The lowest BCUT2D eigenvalue weighted by Crippen LogP contribution is -2.04. The number of aryl methyl sites for hydroxylation is 2. The number of hydrogen-bond acceptors (Lipinski definition) is 3. The van der Waals surface area contributed by atoms with E-state index in [9.17, 15) is 4.79 Å². The van der Waals surface area contributed by atoms with Crippen molar-refractivity contribution in [3.63, 3.8) is 0 Å². The summed E-state index contributed by atoms with van der Waals surface area (Å²) in [5.41, 5.74) is 4.73. The summed E-state index contributed by atoms with van der Waals surface area (Å²) in [5, 5.41) is 1.11. The summed E-state index contributed by atoms with van der Waals surface area (Å²) in [5.74, 6) is 0.150. The van der Waals surface area contributed by atoms with Crippen molar-refractivity contribution in [1.29, 1.82) is 0 Å². The van der Waals surface area contributed by atoms with Crippen LogP contribution < -0.4 is 0 Å². The van der Waals surface area contributed by atoms with E-state index in [1.54, 1.807) is 0 Å². The van der Waals surface area contributed by atoms with Gasteiger partial charge in [0.25, 0.3) is 0 Å². The van der Waals surface area contributed by atoms with Crippen LogP contribution in [0.2, 0.25) is 0 Å². The molecule has 20 heavy (non-hydrogen) atoms. The van der Waals surface area contributed by atoms with Gasteiger partial charge in [0, 0.05) is 34.8 Å². The lowest BCUT2D eigenvalue weighted by Gasteiger charge is -2.04. The second-order valence-electron chi connectivity index (χ2n) is 4.94. The maximum atomic E-state index is 11.5. The highest BCUT2D eigenvalue weighted by atomic mass is 16.1. The number of aromatic nitrogens is 3. The first-order valence-corrected chi connectivity index (χ1v) is 6.50. The SMILES string of the molecule is CC(=O)c1nc(C)cc(-c2c(C)[nH]c3ccccc23)n1. The number of H-pyrrole nitrogens is 1. The van der Waals surface area contributed by atoms with Gasteiger partial charge >= 0.3 is 0 Å². The molecule has 4 heteroatoms. The highest BCUT2D eigenvalue weighted by Crippen LogP contribution is 2.31. The fraction of sp³-hybridized carbons (Fsp3) is 0.188. The van der Waals surface area contributed by atoms with Crippen LogP contribution in [0.5, 0.6) is 0 Å². The van der Waals surface area contributed by atoms with Gasteiger partial charge in [-0.1, -0.05) is 18.2 Å². The molecule has 3 aromatic rings. The van der Waals surface area contributed by atoms with Gasteiger partial charge in [-0.3, -0.25) is 4.79 Å². The molecule has 0 aliphatic rings. The number of ketones is 1. The first-order chi connectivity index (χ1) is 9.56. The van der Waals surface area contributed by atoms with Gasteiger partial charge in [0.15, 0.2) is 11.6 Å². The van der Waals surface area contributed by atoms with Crippen molar-refractivity contribution in [2.75, 3.05) is 0 Å². The van der Waals surface area contributed by atoms with Crippen LogP contribution in [0.4, 0.5) is 0 Å².